The summed E-state index contributed by atoms with van der Waals surface area (Å²) in [4.78, 5) is 21.8. The molecule has 0 bridgehead atoms. The average molecular weight is 494 g/mol. The van der Waals surface area contributed by atoms with Crippen molar-refractivity contribution in [3.05, 3.63) is 22.4 Å². The summed E-state index contributed by atoms with van der Waals surface area (Å²) in [6, 6.07) is 4.20. The van der Waals surface area contributed by atoms with Gasteiger partial charge < -0.3 is 20.3 Å². The van der Waals surface area contributed by atoms with Crippen LogP contribution >= 0.6 is 35.3 Å². The molecule has 0 atom stereocenters. The number of amides is 1. The lowest BCUT2D eigenvalue weighted by Crippen LogP contribution is -2.53. The van der Waals surface area contributed by atoms with Crippen LogP contribution in [0.2, 0.25) is 0 Å². The predicted molar refractivity (Wildman–Crippen MR) is 119 cm³/mol. The Morgan fingerprint density at radius 3 is 2.27 bits per heavy atom. The summed E-state index contributed by atoms with van der Waals surface area (Å²) in [5.74, 6) is 0.550. The molecule has 0 saturated carbocycles. The Kier molecular flexibility index (Phi) is 8.19. The van der Waals surface area contributed by atoms with Crippen molar-refractivity contribution >= 4 is 47.4 Å². The zero-order valence-electron chi connectivity index (χ0n) is 16.3. The third kappa shape index (κ3) is 6.61. The first-order valence-corrected chi connectivity index (χ1v) is 9.53. The Labute approximate surface area is 177 Å². The average Bonchev–Trinajstić information content (AvgIpc) is 3.06. The fraction of sp³-hybridized carbons (Fsp3) is 0.667. The van der Waals surface area contributed by atoms with Gasteiger partial charge in [-0.25, -0.2) is 4.79 Å². The van der Waals surface area contributed by atoms with Gasteiger partial charge in [-0.3, -0.25) is 4.99 Å². The van der Waals surface area contributed by atoms with Crippen LogP contribution in [0.15, 0.2) is 22.5 Å². The van der Waals surface area contributed by atoms with E-state index in [2.05, 4.69) is 36.4 Å². The largest absolute Gasteiger partial charge is 0.444 e. The number of hydrogen-bond donors (Lipinski definition) is 1. The number of nitrogens with two attached hydrogens (primary N) is 1. The number of aliphatic imine (C=N–C) groups is 1. The second-order valence-electron chi connectivity index (χ2n) is 7.99. The van der Waals surface area contributed by atoms with Gasteiger partial charge in [0.1, 0.15) is 5.60 Å². The van der Waals surface area contributed by atoms with E-state index in [-0.39, 0.29) is 35.5 Å². The normalized spacial score (nSPS) is 16.3. The molecule has 0 spiro atoms. The first-order chi connectivity index (χ1) is 11.6. The number of carbonyl (C=O) groups is 1. The molecule has 0 radical (unpaired) electrons. The van der Waals surface area contributed by atoms with E-state index in [1.54, 1.807) is 16.2 Å². The molecule has 1 aromatic heterocycles. The predicted octanol–water partition coefficient (Wildman–Crippen LogP) is 3.51. The first kappa shape index (κ1) is 23.0. The van der Waals surface area contributed by atoms with Crippen LogP contribution in [-0.4, -0.2) is 60.2 Å². The van der Waals surface area contributed by atoms with Crippen LogP contribution < -0.4 is 5.73 Å². The Balaban J connectivity index is 0.00000338. The van der Waals surface area contributed by atoms with Gasteiger partial charge in [0.25, 0.3) is 0 Å². The molecule has 6 nitrogen and oxygen atoms in total. The molecule has 1 aliphatic rings. The van der Waals surface area contributed by atoms with Crippen molar-refractivity contribution in [2.75, 3.05) is 32.7 Å². The van der Waals surface area contributed by atoms with Crippen molar-refractivity contribution in [2.24, 2.45) is 10.7 Å². The SMILES string of the molecule is CC(C)(C)OC(=O)N1CCN(C(N)=NCC(C)(C)c2cccs2)CC1.I. The van der Waals surface area contributed by atoms with Crippen molar-refractivity contribution in [3.63, 3.8) is 0 Å². The van der Waals surface area contributed by atoms with Crippen molar-refractivity contribution in [2.45, 2.75) is 45.6 Å². The zero-order valence-corrected chi connectivity index (χ0v) is 19.5. The van der Waals surface area contributed by atoms with Gasteiger partial charge >= 0.3 is 6.09 Å². The second-order valence-corrected chi connectivity index (χ2v) is 8.94. The van der Waals surface area contributed by atoms with Crippen LogP contribution in [0.3, 0.4) is 0 Å². The molecule has 1 saturated heterocycles. The third-order valence-electron chi connectivity index (χ3n) is 4.08. The molecular weight excluding hydrogens is 463 g/mol. The van der Waals surface area contributed by atoms with E-state index in [4.69, 9.17) is 10.5 Å². The minimum absolute atomic E-state index is 0. The van der Waals surface area contributed by atoms with Crippen molar-refractivity contribution in [1.82, 2.24) is 9.80 Å². The van der Waals surface area contributed by atoms with Gasteiger partial charge in [-0.15, -0.1) is 35.3 Å². The van der Waals surface area contributed by atoms with Crippen LogP contribution in [0.25, 0.3) is 0 Å². The number of guanidine groups is 1. The number of carbonyl (C=O) groups excluding carboxylic acids is 1. The summed E-state index contributed by atoms with van der Waals surface area (Å²) >= 11 is 1.74. The highest BCUT2D eigenvalue weighted by molar-refractivity contribution is 14.0. The van der Waals surface area contributed by atoms with Gasteiger partial charge in [0.15, 0.2) is 5.96 Å². The molecule has 2 heterocycles. The van der Waals surface area contributed by atoms with Gasteiger partial charge in [-0.05, 0) is 32.2 Å². The summed E-state index contributed by atoms with van der Waals surface area (Å²) in [7, 11) is 0. The first-order valence-electron chi connectivity index (χ1n) is 8.65. The Bertz CT molecular complexity index is 603. The van der Waals surface area contributed by atoms with E-state index < -0.39 is 5.60 Å². The number of rotatable bonds is 3. The maximum absolute atomic E-state index is 12.1. The molecule has 1 aliphatic heterocycles. The summed E-state index contributed by atoms with van der Waals surface area (Å²) in [5.41, 5.74) is 5.68. The van der Waals surface area contributed by atoms with Gasteiger partial charge in [0, 0.05) is 36.5 Å². The summed E-state index contributed by atoms with van der Waals surface area (Å²) in [5, 5.41) is 2.08. The standard InChI is InChI=1S/C18H30N4O2S.HI/c1-17(2,3)24-16(23)22-10-8-21(9-11-22)15(19)20-13-18(4,5)14-7-6-12-25-14;/h6-7,12H,8-11,13H2,1-5H3,(H2,19,20);1H. The van der Waals surface area contributed by atoms with E-state index in [1.165, 1.54) is 4.88 Å². The van der Waals surface area contributed by atoms with Gasteiger partial charge in [-0.2, -0.15) is 0 Å². The number of halogens is 1. The maximum Gasteiger partial charge on any atom is 0.410 e. The summed E-state index contributed by atoms with van der Waals surface area (Å²) < 4.78 is 5.41. The molecule has 1 fully saturated rings. The number of nitrogens with zero attached hydrogens (tertiary/aromatic N) is 3. The number of ether oxygens (including phenoxy) is 1. The topological polar surface area (TPSA) is 71.2 Å². The molecule has 1 aromatic rings. The lowest BCUT2D eigenvalue weighted by Gasteiger charge is -2.36. The van der Waals surface area contributed by atoms with Crippen LogP contribution in [0, 0.1) is 0 Å². The molecule has 2 rings (SSSR count). The van der Waals surface area contributed by atoms with Crippen LogP contribution in [-0.2, 0) is 10.2 Å². The molecule has 26 heavy (non-hydrogen) atoms. The lowest BCUT2D eigenvalue weighted by atomic mass is 9.92. The monoisotopic (exact) mass is 494 g/mol. The van der Waals surface area contributed by atoms with Crippen molar-refractivity contribution in [3.8, 4) is 0 Å². The van der Waals surface area contributed by atoms with Gasteiger partial charge in [0.05, 0.1) is 6.54 Å². The smallest absolute Gasteiger partial charge is 0.410 e. The zero-order chi connectivity index (χ0) is 18.7. The second kappa shape index (κ2) is 9.25. The third-order valence-corrected chi connectivity index (χ3v) is 5.32. The Hall–Kier alpha value is -1.03. The molecular formula is C18H31IN4O2S. The Morgan fingerprint density at radius 2 is 1.77 bits per heavy atom. The summed E-state index contributed by atoms with van der Waals surface area (Å²) in [6.45, 7) is 13.2. The van der Waals surface area contributed by atoms with Crippen molar-refractivity contribution in [1.29, 1.82) is 0 Å². The fourth-order valence-corrected chi connectivity index (χ4v) is 3.41. The van der Waals surface area contributed by atoms with Crippen LogP contribution in [0.5, 0.6) is 0 Å². The molecule has 0 unspecified atom stereocenters. The maximum atomic E-state index is 12.1. The van der Waals surface area contributed by atoms with E-state index in [9.17, 15) is 4.79 Å². The molecule has 8 heteroatoms. The highest BCUT2D eigenvalue weighted by Gasteiger charge is 2.27. The minimum Gasteiger partial charge on any atom is -0.444 e. The molecule has 2 N–H and O–H groups in total. The van der Waals surface area contributed by atoms with Gasteiger partial charge in [0.2, 0.25) is 0 Å². The highest BCUT2D eigenvalue weighted by atomic mass is 127. The van der Waals surface area contributed by atoms with Crippen molar-refractivity contribution < 1.29 is 9.53 Å². The fourth-order valence-electron chi connectivity index (χ4n) is 2.56. The summed E-state index contributed by atoms with van der Waals surface area (Å²) in [6.07, 6.45) is -0.263. The van der Waals surface area contributed by atoms with Crippen LogP contribution in [0.1, 0.15) is 39.5 Å². The van der Waals surface area contributed by atoms with E-state index >= 15 is 0 Å². The number of piperazine rings is 1. The van der Waals surface area contributed by atoms with E-state index in [1.807, 2.05) is 25.7 Å². The highest BCUT2D eigenvalue weighted by Crippen LogP contribution is 2.27. The number of hydrogen-bond acceptors (Lipinski definition) is 4. The number of thiophene rings is 1. The lowest BCUT2D eigenvalue weighted by molar-refractivity contribution is 0.0186. The Morgan fingerprint density at radius 1 is 1.19 bits per heavy atom. The molecule has 0 aliphatic carbocycles. The van der Waals surface area contributed by atoms with E-state index in [0.717, 1.165) is 0 Å². The van der Waals surface area contributed by atoms with Gasteiger partial charge in [-0.1, -0.05) is 19.9 Å². The molecule has 148 valence electrons. The van der Waals surface area contributed by atoms with Crippen LogP contribution in [0.4, 0.5) is 4.79 Å². The molecule has 0 aromatic carbocycles. The molecule has 1 amide bonds. The van der Waals surface area contributed by atoms with E-state index in [0.29, 0.717) is 38.7 Å². The quantitative estimate of drug-likeness (QED) is 0.397. The minimum atomic E-state index is -0.470.